The first-order chi connectivity index (χ1) is 9.06. The minimum absolute atomic E-state index is 0.0981. The number of rotatable bonds is 4. The second-order valence-electron chi connectivity index (χ2n) is 4.81. The minimum Gasteiger partial charge on any atom is -0.399 e. The van der Waals surface area contributed by atoms with E-state index in [-0.39, 0.29) is 6.10 Å². The zero-order valence-corrected chi connectivity index (χ0v) is 11.1. The fourth-order valence-electron chi connectivity index (χ4n) is 2.14. The van der Waals surface area contributed by atoms with E-state index in [1.54, 1.807) is 18.2 Å². The van der Waals surface area contributed by atoms with E-state index in [4.69, 9.17) is 16.2 Å². The number of nitrogen functional groups attached to an aromatic ring is 1. The predicted molar refractivity (Wildman–Crippen MR) is 75.1 cm³/mol. The summed E-state index contributed by atoms with van der Waals surface area (Å²) in [5.74, 6) is -0.468. The first-order valence-electron chi connectivity index (χ1n) is 6.29. The van der Waals surface area contributed by atoms with E-state index in [0.717, 1.165) is 19.7 Å². The first-order valence-corrected chi connectivity index (χ1v) is 6.29. The number of amides is 1. The van der Waals surface area contributed by atoms with E-state index in [1.807, 2.05) is 0 Å². The van der Waals surface area contributed by atoms with Crippen molar-refractivity contribution in [3.05, 3.63) is 23.8 Å². The molecule has 0 aliphatic carbocycles. The number of primary amides is 1. The van der Waals surface area contributed by atoms with Gasteiger partial charge in [-0.2, -0.15) is 0 Å². The van der Waals surface area contributed by atoms with Crippen LogP contribution < -0.4 is 16.8 Å². The van der Waals surface area contributed by atoms with Crippen LogP contribution in [0.5, 0.6) is 0 Å². The molecular formula is C13H20N4O2. The van der Waals surface area contributed by atoms with Gasteiger partial charge < -0.3 is 26.4 Å². The third-order valence-corrected chi connectivity index (χ3v) is 3.17. The van der Waals surface area contributed by atoms with E-state index in [1.165, 1.54) is 0 Å². The van der Waals surface area contributed by atoms with Gasteiger partial charge in [-0.1, -0.05) is 0 Å². The molecule has 6 heteroatoms. The summed E-state index contributed by atoms with van der Waals surface area (Å²) < 4.78 is 5.65. The Balaban J connectivity index is 2.02. The smallest absolute Gasteiger partial charge is 0.250 e. The van der Waals surface area contributed by atoms with Crippen LogP contribution in [0, 0.1) is 0 Å². The van der Waals surface area contributed by atoms with Gasteiger partial charge in [0, 0.05) is 31.0 Å². The largest absolute Gasteiger partial charge is 0.399 e. The van der Waals surface area contributed by atoms with Gasteiger partial charge in [0.1, 0.15) is 0 Å². The summed E-state index contributed by atoms with van der Waals surface area (Å²) >= 11 is 0. The zero-order chi connectivity index (χ0) is 13.8. The molecule has 6 nitrogen and oxygen atoms in total. The number of carbonyl (C=O) groups is 1. The maximum absolute atomic E-state index is 11.3. The van der Waals surface area contributed by atoms with Crippen LogP contribution in [-0.4, -0.2) is 50.2 Å². The van der Waals surface area contributed by atoms with Crippen molar-refractivity contribution < 1.29 is 9.53 Å². The van der Waals surface area contributed by atoms with Gasteiger partial charge in [0.2, 0.25) is 0 Å². The van der Waals surface area contributed by atoms with Crippen molar-refractivity contribution in [1.82, 2.24) is 4.90 Å². The highest BCUT2D eigenvalue weighted by atomic mass is 16.5. The van der Waals surface area contributed by atoms with Crippen molar-refractivity contribution >= 4 is 17.3 Å². The molecule has 1 heterocycles. The van der Waals surface area contributed by atoms with Gasteiger partial charge in [0.05, 0.1) is 18.3 Å². The van der Waals surface area contributed by atoms with Crippen LogP contribution in [0.2, 0.25) is 0 Å². The van der Waals surface area contributed by atoms with Gasteiger partial charge in [0.25, 0.3) is 5.91 Å². The molecule has 0 radical (unpaired) electrons. The zero-order valence-electron chi connectivity index (χ0n) is 11.1. The summed E-state index contributed by atoms with van der Waals surface area (Å²) in [6.45, 7) is 3.15. The Labute approximate surface area is 112 Å². The van der Waals surface area contributed by atoms with Gasteiger partial charge in [-0.15, -0.1) is 0 Å². The molecule has 1 aliphatic heterocycles. The molecule has 1 saturated heterocycles. The third kappa shape index (κ3) is 3.59. The van der Waals surface area contributed by atoms with Gasteiger partial charge in [-0.25, -0.2) is 0 Å². The molecule has 19 heavy (non-hydrogen) atoms. The van der Waals surface area contributed by atoms with E-state index in [2.05, 4.69) is 17.3 Å². The summed E-state index contributed by atoms with van der Waals surface area (Å²) in [7, 11) is 2.06. The molecule has 1 unspecified atom stereocenters. The number of nitrogens with zero attached hydrogens (tertiary/aromatic N) is 1. The fraction of sp³-hybridized carbons (Fsp3) is 0.462. The van der Waals surface area contributed by atoms with Crippen molar-refractivity contribution in [2.45, 2.75) is 6.10 Å². The Morgan fingerprint density at radius 3 is 3.05 bits per heavy atom. The molecule has 5 N–H and O–H groups in total. The van der Waals surface area contributed by atoms with Crippen molar-refractivity contribution in [3.63, 3.8) is 0 Å². The van der Waals surface area contributed by atoms with Gasteiger partial charge in [-0.05, 0) is 25.2 Å². The molecule has 1 amide bonds. The number of benzene rings is 1. The SMILES string of the molecule is CN1CCOC(CNc2cc(N)ccc2C(N)=O)C1. The van der Waals surface area contributed by atoms with E-state index < -0.39 is 5.91 Å². The minimum atomic E-state index is -0.468. The molecule has 1 aliphatic rings. The molecule has 0 bridgehead atoms. The number of nitrogens with one attached hydrogen (secondary N) is 1. The molecule has 0 aromatic heterocycles. The highest BCUT2D eigenvalue weighted by Gasteiger charge is 2.18. The number of anilines is 2. The van der Waals surface area contributed by atoms with E-state index in [0.29, 0.717) is 23.5 Å². The summed E-state index contributed by atoms with van der Waals surface area (Å²) in [5.41, 5.74) is 12.8. The van der Waals surface area contributed by atoms with Crippen LogP contribution in [-0.2, 0) is 4.74 Å². The molecule has 0 spiro atoms. The van der Waals surface area contributed by atoms with Crippen LogP contribution in [0.1, 0.15) is 10.4 Å². The van der Waals surface area contributed by atoms with Crippen LogP contribution in [0.3, 0.4) is 0 Å². The normalized spacial score (nSPS) is 20.2. The molecule has 1 aromatic rings. The summed E-state index contributed by atoms with van der Waals surface area (Å²) in [6, 6.07) is 5.01. The number of nitrogens with two attached hydrogens (primary N) is 2. The van der Waals surface area contributed by atoms with Gasteiger partial charge in [0.15, 0.2) is 0 Å². The molecular weight excluding hydrogens is 244 g/mol. The lowest BCUT2D eigenvalue weighted by Gasteiger charge is -2.30. The van der Waals surface area contributed by atoms with Crippen molar-refractivity contribution in [2.75, 3.05) is 44.3 Å². The van der Waals surface area contributed by atoms with Gasteiger partial charge >= 0.3 is 0 Å². The Kier molecular flexibility index (Phi) is 4.24. The number of carbonyl (C=O) groups excluding carboxylic acids is 1. The number of ether oxygens (including phenoxy) is 1. The average molecular weight is 264 g/mol. The Hall–Kier alpha value is -1.79. The number of hydrogen-bond donors (Lipinski definition) is 3. The maximum Gasteiger partial charge on any atom is 0.250 e. The predicted octanol–water partition coefficient (Wildman–Crippen LogP) is 0.110. The fourth-order valence-corrected chi connectivity index (χ4v) is 2.14. The number of likely N-dealkylation sites (N-methyl/N-ethyl adjacent to an activating group) is 1. The highest BCUT2D eigenvalue weighted by molar-refractivity contribution is 5.99. The second-order valence-corrected chi connectivity index (χ2v) is 4.81. The van der Waals surface area contributed by atoms with Crippen molar-refractivity contribution in [1.29, 1.82) is 0 Å². The Morgan fingerprint density at radius 1 is 1.58 bits per heavy atom. The average Bonchev–Trinajstić information content (AvgIpc) is 2.36. The number of morpholine rings is 1. The van der Waals surface area contributed by atoms with E-state index >= 15 is 0 Å². The van der Waals surface area contributed by atoms with Gasteiger partial charge in [-0.3, -0.25) is 4.79 Å². The molecule has 1 atom stereocenters. The lowest BCUT2D eigenvalue weighted by Crippen LogP contribution is -2.43. The standard InChI is InChI=1S/C13H20N4O2/c1-17-4-5-19-10(8-17)7-16-12-6-9(14)2-3-11(12)13(15)18/h2-3,6,10,16H,4-5,7-8,14H2,1H3,(H2,15,18). The van der Waals surface area contributed by atoms with Crippen LogP contribution >= 0.6 is 0 Å². The molecule has 1 fully saturated rings. The highest BCUT2D eigenvalue weighted by Crippen LogP contribution is 2.19. The Bertz CT molecular complexity index is 464. The lowest BCUT2D eigenvalue weighted by molar-refractivity contribution is -0.0117. The van der Waals surface area contributed by atoms with Crippen molar-refractivity contribution in [2.24, 2.45) is 5.73 Å². The molecule has 0 saturated carbocycles. The summed E-state index contributed by atoms with van der Waals surface area (Å²) in [5, 5.41) is 3.19. The summed E-state index contributed by atoms with van der Waals surface area (Å²) in [6.07, 6.45) is 0.0981. The second kappa shape index (κ2) is 5.90. The van der Waals surface area contributed by atoms with Crippen LogP contribution in [0.4, 0.5) is 11.4 Å². The topological polar surface area (TPSA) is 93.6 Å². The van der Waals surface area contributed by atoms with E-state index in [9.17, 15) is 4.79 Å². The Morgan fingerprint density at radius 2 is 2.37 bits per heavy atom. The van der Waals surface area contributed by atoms with Crippen LogP contribution in [0.15, 0.2) is 18.2 Å². The monoisotopic (exact) mass is 264 g/mol. The van der Waals surface area contributed by atoms with Crippen LogP contribution in [0.25, 0.3) is 0 Å². The molecule has 104 valence electrons. The third-order valence-electron chi connectivity index (χ3n) is 3.17. The van der Waals surface area contributed by atoms with Crippen molar-refractivity contribution in [3.8, 4) is 0 Å². The first kappa shape index (κ1) is 13.6. The molecule has 1 aromatic carbocycles. The number of hydrogen-bond acceptors (Lipinski definition) is 5. The lowest BCUT2D eigenvalue weighted by atomic mass is 10.1. The summed E-state index contributed by atoms with van der Waals surface area (Å²) in [4.78, 5) is 13.6. The molecule has 2 rings (SSSR count). The maximum atomic E-state index is 11.3. The quantitative estimate of drug-likeness (QED) is 0.671.